The Hall–Kier alpha value is -1.35. The number of hydrogen-bond acceptors (Lipinski definition) is 2. The van der Waals surface area contributed by atoms with Gasteiger partial charge in [0.1, 0.15) is 0 Å². The summed E-state index contributed by atoms with van der Waals surface area (Å²) in [6.45, 7) is 2.21. The van der Waals surface area contributed by atoms with Crippen LogP contribution in [0.2, 0.25) is 0 Å². The summed E-state index contributed by atoms with van der Waals surface area (Å²) in [5.74, 6) is 0.193. The van der Waals surface area contributed by atoms with Crippen LogP contribution in [0.5, 0.6) is 0 Å². The van der Waals surface area contributed by atoms with Crippen molar-refractivity contribution in [2.75, 3.05) is 6.61 Å². The van der Waals surface area contributed by atoms with Gasteiger partial charge in [0.25, 0.3) is 0 Å². The maximum Gasteiger partial charge on any atom is 0.226 e. The molecule has 1 atom stereocenters. The van der Waals surface area contributed by atoms with Crippen LogP contribution in [-0.4, -0.2) is 23.7 Å². The SMILES string of the molecule is CC(CCCO)NC(=O)C1(Cc2ccccc2)CCC1. The maximum absolute atomic E-state index is 12.6. The molecule has 20 heavy (non-hydrogen) atoms. The van der Waals surface area contributed by atoms with E-state index in [0.29, 0.717) is 0 Å². The normalized spacial score (nSPS) is 18.1. The number of rotatable bonds is 7. The Labute approximate surface area is 121 Å². The summed E-state index contributed by atoms with van der Waals surface area (Å²) in [5.41, 5.74) is 1.04. The lowest BCUT2D eigenvalue weighted by Gasteiger charge is -2.41. The molecular weight excluding hydrogens is 250 g/mol. The van der Waals surface area contributed by atoms with Gasteiger partial charge in [0.2, 0.25) is 5.91 Å². The molecule has 3 heteroatoms. The minimum atomic E-state index is -0.200. The number of carbonyl (C=O) groups excluding carboxylic acids is 1. The predicted molar refractivity (Wildman–Crippen MR) is 80.4 cm³/mol. The summed E-state index contributed by atoms with van der Waals surface area (Å²) in [4.78, 5) is 12.6. The highest BCUT2D eigenvalue weighted by Gasteiger charge is 2.44. The first-order valence-corrected chi connectivity index (χ1v) is 7.62. The van der Waals surface area contributed by atoms with Crippen molar-refractivity contribution in [2.24, 2.45) is 5.41 Å². The van der Waals surface area contributed by atoms with Crippen LogP contribution in [-0.2, 0) is 11.2 Å². The standard InChI is InChI=1S/C17H25NO2/c1-14(7-5-12-19)18-16(20)17(10-6-11-17)13-15-8-3-2-4-9-15/h2-4,8-9,14,19H,5-7,10-13H2,1H3,(H,18,20). The lowest BCUT2D eigenvalue weighted by Crippen LogP contribution is -2.49. The Bertz CT molecular complexity index is 426. The van der Waals surface area contributed by atoms with Crippen molar-refractivity contribution < 1.29 is 9.90 Å². The van der Waals surface area contributed by atoms with Gasteiger partial charge in [-0.25, -0.2) is 0 Å². The van der Waals surface area contributed by atoms with Gasteiger partial charge < -0.3 is 10.4 Å². The fraction of sp³-hybridized carbons (Fsp3) is 0.588. The first-order valence-electron chi connectivity index (χ1n) is 7.62. The lowest BCUT2D eigenvalue weighted by atomic mass is 9.64. The Morgan fingerprint density at radius 2 is 2.05 bits per heavy atom. The molecular formula is C17H25NO2. The molecule has 2 rings (SSSR count). The van der Waals surface area contributed by atoms with Crippen molar-refractivity contribution in [3.05, 3.63) is 35.9 Å². The van der Waals surface area contributed by atoms with E-state index in [-0.39, 0.29) is 24.0 Å². The third kappa shape index (κ3) is 3.60. The number of amides is 1. The topological polar surface area (TPSA) is 49.3 Å². The van der Waals surface area contributed by atoms with Gasteiger partial charge in [0.15, 0.2) is 0 Å². The molecule has 1 aliphatic rings. The van der Waals surface area contributed by atoms with Crippen molar-refractivity contribution >= 4 is 5.91 Å². The average molecular weight is 275 g/mol. The molecule has 1 saturated carbocycles. The molecule has 0 spiro atoms. The van der Waals surface area contributed by atoms with Crippen molar-refractivity contribution in [3.63, 3.8) is 0 Å². The molecule has 0 radical (unpaired) electrons. The second kappa shape index (κ2) is 6.89. The Morgan fingerprint density at radius 1 is 1.35 bits per heavy atom. The molecule has 1 aromatic carbocycles. The van der Waals surface area contributed by atoms with Gasteiger partial charge in [0, 0.05) is 12.6 Å². The third-order valence-corrected chi connectivity index (χ3v) is 4.35. The second-order valence-corrected chi connectivity index (χ2v) is 6.04. The van der Waals surface area contributed by atoms with Crippen molar-refractivity contribution in [1.82, 2.24) is 5.32 Å². The Morgan fingerprint density at radius 3 is 2.60 bits per heavy atom. The van der Waals surface area contributed by atoms with Gasteiger partial charge in [-0.2, -0.15) is 0 Å². The number of carbonyl (C=O) groups is 1. The number of nitrogens with one attached hydrogen (secondary N) is 1. The number of hydrogen-bond donors (Lipinski definition) is 2. The fourth-order valence-electron chi connectivity index (χ4n) is 2.92. The highest BCUT2D eigenvalue weighted by Crippen LogP contribution is 2.44. The van der Waals surface area contributed by atoms with E-state index in [1.165, 1.54) is 5.56 Å². The molecule has 3 nitrogen and oxygen atoms in total. The highest BCUT2D eigenvalue weighted by molar-refractivity contribution is 5.84. The summed E-state index contributed by atoms with van der Waals surface area (Å²) in [7, 11) is 0. The van der Waals surface area contributed by atoms with Crippen molar-refractivity contribution in [2.45, 2.75) is 51.5 Å². The lowest BCUT2D eigenvalue weighted by molar-refractivity contribution is -0.136. The van der Waals surface area contributed by atoms with Crippen LogP contribution < -0.4 is 5.32 Å². The van der Waals surface area contributed by atoms with Crippen LogP contribution in [0, 0.1) is 5.41 Å². The smallest absolute Gasteiger partial charge is 0.226 e. The largest absolute Gasteiger partial charge is 0.396 e. The summed E-state index contributed by atoms with van der Waals surface area (Å²) < 4.78 is 0. The molecule has 2 N–H and O–H groups in total. The van der Waals surface area contributed by atoms with Gasteiger partial charge in [0.05, 0.1) is 5.41 Å². The number of aliphatic hydroxyl groups is 1. The quantitative estimate of drug-likeness (QED) is 0.804. The monoisotopic (exact) mass is 275 g/mol. The van der Waals surface area contributed by atoms with E-state index >= 15 is 0 Å². The summed E-state index contributed by atoms with van der Waals surface area (Å²) in [5, 5.41) is 12.0. The first kappa shape index (κ1) is 15.0. The molecule has 0 aromatic heterocycles. The zero-order chi connectivity index (χ0) is 14.4. The van der Waals surface area contributed by atoms with E-state index in [1.54, 1.807) is 0 Å². The van der Waals surface area contributed by atoms with Crippen LogP contribution in [0.1, 0.15) is 44.6 Å². The van der Waals surface area contributed by atoms with E-state index < -0.39 is 0 Å². The first-order chi connectivity index (χ1) is 9.66. The van der Waals surface area contributed by atoms with Gasteiger partial charge in [-0.3, -0.25) is 4.79 Å². The molecule has 1 amide bonds. The van der Waals surface area contributed by atoms with E-state index in [2.05, 4.69) is 17.4 Å². The van der Waals surface area contributed by atoms with Crippen LogP contribution in [0.15, 0.2) is 30.3 Å². The molecule has 0 heterocycles. The average Bonchev–Trinajstić information content (AvgIpc) is 2.41. The van der Waals surface area contributed by atoms with Crippen molar-refractivity contribution in [3.8, 4) is 0 Å². The van der Waals surface area contributed by atoms with E-state index in [1.807, 2.05) is 25.1 Å². The zero-order valence-electron chi connectivity index (χ0n) is 12.3. The minimum Gasteiger partial charge on any atom is -0.396 e. The summed E-state index contributed by atoms with van der Waals surface area (Å²) in [6.07, 6.45) is 5.54. The minimum absolute atomic E-state index is 0.142. The van der Waals surface area contributed by atoms with Gasteiger partial charge in [-0.15, -0.1) is 0 Å². The van der Waals surface area contributed by atoms with Crippen LogP contribution >= 0.6 is 0 Å². The van der Waals surface area contributed by atoms with E-state index in [0.717, 1.165) is 38.5 Å². The second-order valence-electron chi connectivity index (χ2n) is 6.04. The Balaban J connectivity index is 1.94. The molecule has 0 bridgehead atoms. The fourth-order valence-corrected chi connectivity index (χ4v) is 2.92. The van der Waals surface area contributed by atoms with Crippen LogP contribution in [0.3, 0.4) is 0 Å². The molecule has 110 valence electrons. The van der Waals surface area contributed by atoms with E-state index in [9.17, 15) is 4.79 Å². The molecule has 1 aromatic rings. The van der Waals surface area contributed by atoms with Gasteiger partial charge in [-0.1, -0.05) is 36.8 Å². The maximum atomic E-state index is 12.6. The van der Waals surface area contributed by atoms with Gasteiger partial charge >= 0.3 is 0 Å². The Kier molecular flexibility index (Phi) is 5.18. The molecule has 0 aliphatic heterocycles. The highest BCUT2D eigenvalue weighted by atomic mass is 16.3. The third-order valence-electron chi connectivity index (χ3n) is 4.35. The van der Waals surface area contributed by atoms with E-state index in [4.69, 9.17) is 5.11 Å². The molecule has 1 fully saturated rings. The number of aliphatic hydroxyl groups excluding tert-OH is 1. The zero-order valence-corrected chi connectivity index (χ0v) is 12.3. The summed E-state index contributed by atoms with van der Waals surface area (Å²) >= 11 is 0. The van der Waals surface area contributed by atoms with Crippen LogP contribution in [0.4, 0.5) is 0 Å². The van der Waals surface area contributed by atoms with Gasteiger partial charge in [-0.05, 0) is 44.6 Å². The van der Waals surface area contributed by atoms with Crippen molar-refractivity contribution in [1.29, 1.82) is 0 Å². The molecule has 1 unspecified atom stereocenters. The molecule has 0 saturated heterocycles. The number of benzene rings is 1. The predicted octanol–water partition coefficient (Wildman–Crippen LogP) is 2.68. The van der Waals surface area contributed by atoms with Crippen LogP contribution in [0.25, 0.3) is 0 Å². The molecule has 1 aliphatic carbocycles. The summed E-state index contributed by atoms with van der Waals surface area (Å²) in [6, 6.07) is 10.4.